The number of nitrogens with zero attached hydrogens (tertiary/aromatic N) is 1. The lowest BCUT2D eigenvalue weighted by Crippen LogP contribution is -2.24. The number of nitrogens with one attached hydrogen (secondary N) is 1. The minimum absolute atomic E-state index is 0.209. The van der Waals surface area contributed by atoms with E-state index in [9.17, 15) is 4.79 Å². The third kappa shape index (κ3) is 8.19. The molecule has 0 spiro atoms. The van der Waals surface area contributed by atoms with Gasteiger partial charge in [0.05, 0.1) is 17.8 Å². The zero-order valence-electron chi connectivity index (χ0n) is 15.8. The average molecular weight is 423 g/mol. The number of amides is 1. The van der Waals surface area contributed by atoms with Crippen LogP contribution in [-0.2, 0) is 4.79 Å². The Labute approximate surface area is 175 Å². The lowest BCUT2D eigenvalue weighted by Gasteiger charge is -2.07. The Morgan fingerprint density at radius 2 is 1.96 bits per heavy atom. The van der Waals surface area contributed by atoms with Crippen molar-refractivity contribution in [2.45, 2.75) is 32.6 Å². The number of hydrazone groups is 1. The van der Waals surface area contributed by atoms with Gasteiger partial charge in [-0.25, -0.2) is 5.43 Å². The van der Waals surface area contributed by atoms with E-state index in [0.717, 1.165) is 17.7 Å². The molecule has 7 heteroatoms. The molecule has 0 atom stereocenters. The first-order valence-electron chi connectivity index (χ1n) is 9.21. The number of ether oxygens (including phenoxy) is 2. The maximum atomic E-state index is 11.8. The van der Waals surface area contributed by atoms with Crippen LogP contribution >= 0.6 is 23.2 Å². The van der Waals surface area contributed by atoms with Crippen LogP contribution in [0.25, 0.3) is 0 Å². The molecule has 0 saturated heterocycles. The maximum absolute atomic E-state index is 11.8. The van der Waals surface area contributed by atoms with E-state index < -0.39 is 5.91 Å². The Morgan fingerprint density at radius 1 is 1.11 bits per heavy atom. The summed E-state index contributed by atoms with van der Waals surface area (Å²) in [4.78, 5) is 11.8. The van der Waals surface area contributed by atoms with E-state index in [1.165, 1.54) is 19.3 Å². The van der Waals surface area contributed by atoms with Gasteiger partial charge in [0.15, 0.2) is 6.61 Å². The molecule has 0 aromatic heterocycles. The molecule has 0 aliphatic heterocycles. The average Bonchev–Trinajstić information content (AvgIpc) is 2.67. The van der Waals surface area contributed by atoms with Crippen molar-refractivity contribution in [1.29, 1.82) is 0 Å². The van der Waals surface area contributed by atoms with Crippen molar-refractivity contribution in [2.75, 3.05) is 13.2 Å². The van der Waals surface area contributed by atoms with Crippen LogP contribution in [0.15, 0.2) is 47.6 Å². The number of halogens is 2. The van der Waals surface area contributed by atoms with Gasteiger partial charge in [-0.05, 0) is 42.3 Å². The molecule has 28 heavy (non-hydrogen) atoms. The molecular formula is C21H24Cl2N2O3. The normalized spacial score (nSPS) is 10.8. The molecule has 0 heterocycles. The van der Waals surface area contributed by atoms with Crippen LogP contribution in [0.2, 0.25) is 10.0 Å². The molecule has 0 aliphatic carbocycles. The van der Waals surface area contributed by atoms with Gasteiger partial charge in [0.2, 0.25) is 0 Å². The molecule has 1 N–H and O–H groups in total. The molecule has 0 unspecified atom stereocenters. The first kappa shape index (κ1) is 22.1. The van der Waals surface area contributed by atoms with Crippen molar-refractivity contribution in [3.8, 4) is 11.5 Å². The van der Waals surface area contributed by atoms with Gasteiger partial charge in [0.1, 0.15) is 11.5 Å². The van der Waals surface area contributed by atoms with Crippen molar-refractivity contribution < 1.29 is 14.3 Å². The molecule has 0 saturated carbocycles. The highest BCUT2D eigenvalue weighted by Gasteiger charge is 2.05. The molecule has 0 fully saturated rings. The summed E-state index contributed by atoms with van der Waals surface area (Å²) in [6.07, 6.45) is 6.20. The third-order valence-corrected chi connectivity index (χ3v) is 4.31. The fourth-order valence-corrected chi connectivity index (χ4v) is 2.81. The third-order valence-electron chi connectivity index (χ3n) is 3.78. The summed E-state index contributed by atoms with van der Waals surface area (Å²) >= 11 is 11.8. The summed E-state index contributed by atoms with van der Waals surface area (Å²) in [5.41, 5.74) is 3.24. The van der Waals surface area contributed by atoms with Gasteiger partial charge >= 0.3 is 0 Å². The molecule has 150 valence electrons. The van der Waals surface area contributed by atoms with Gasteiger partial charge in [-0.15, -0.1) is 0 Å². The largest absolute Gasteiger partial charge is 0.494 e. The minimum atomic E-state index is -0.398. The summed E-state index contributed by atoms with van der Waals surface area (Å²) < 4.78 is 11.1. The van der Waals surface area contributed by atoms with E-state index in [1.807, 2.05) is 24.3 Å². The number of hydrogen-bond donors (Lipinski definition) is 1. The van der Waals surface area contributed by atoms with Crippen LogP contribution in [0.1, 0.15) is 38.2 Å². The summed E-state index contributed by atoms with van der Waals surface area (Å²) in [5.74, 6) is 0.770. The van der Waals surface area contributed by atoms with Crippen LogP contribution in [0, 0.1) is 0 Å². The second-order valence-electron chi connectivity index (χ2n) is 6.14. The quantitative estimate of drug-likeness (QED) is 0.296. The summed E-state index contributed by atoms with van der Waals surface area (Å²) in [7, 11) is 0. The monoisotopic (exact) mass is 422 g/mol. The van der Waals surface area contributed by atoms with Crippen LogP contribution in [0.3, 0.4) is 0 Å². The molecule has 5 nitrogen and oxygen atoms in total. The number of rotatable bonds is 11. The van der Waals surface area contributed by atoms with Crippen LogP contribution in [0.5, 0.6) is 11.5 Å². The van der Waals surface area contributed by atoms with Crippen molar-refractivity contribution in [2.24, 2.45) is 5.10 Å². The summed E-state index contributed by atoms with van der Waals surface area (Å²) in [6, 6.07) is 12.3. The zero-order chi connectivity index (χ0) is 20.2. The second kappa shape index (κ2) is 12.3. The number of unbranched alkanes of at least 4 members (excludes halogenated alkanes) is 3. The number of carbonyl (C=O) groups excluding carboxylic acids is 1. The van der Waals surface area contributed by atoms with Gasteiger partial charge in [-0.3, -0.25) is 4.79 Å². The Kier molecular flexibility index (Phi) is 9.66. The van der Waals surface area contributed by atoms with E-state index in [4.69, 9.17) is 32.7 Å². The van der Waals surface area contributed by atoms with Gasteiger partial charge < -0.3 is 9.47 Å². The van der Waals surface area contributed by atoms with Crippen molar-refractivity contribution in [3.05, 3.63) is 58.1 Å². The Hall–Kier alpha value is -2.24. The van der Waals surface area contributed by atoms with Crippen LogP contribution in [0.4, 0.5) is 0 Å². The lowest BCUT2D eigenvalue weighted by molar-refractivity contribution is -0.123. The Bertz CT molecular complexity index is 797. The number of hydrogen-bond acceptors (Lipinski definition) is 4. The minimum Gasteiger partial charge on any atom is -0.494 e. The number of benzene rings is 2. The van der Waals surface area contributed by atoms with Gasteiger partial charge in [-0.2, -0.15) is 5.10 Å². The van der Waals surface area contributed by atoms with E-state index in [2.05, 4.69) is 17.5 Å². The van der Waals surface area contributed by atoms with Gasteiger partial charge in [-0.1, -0.05) is 61.5 Å². The Balaban J connectivity index is 1.75. The fraction of sp³-hybridized carbons (Fsp3) is 0.333. The van der Waals surface area contributed by atoms with Crippen LogP contribution in [-0.4, -0.2) is 25.3 Å². The summed E-state index contributed by atoms with van der Waals surface area (Å²) in [5, 5.41) is 4.78. The SMILES string of the molecule is CCCCCCOc1cccc(/C=N/NC(=O)COc2ccc(Cl)cc2Cl)c1. The Morgan fingerprint density at radius 3 is 2.75 bits per heavy atom. The molecule has 2 aromatic rings. The molecule has 0 bridgehead atoms. The smallest absolute Gasteiger partial charge is 0.277 e. The van der Waals surface area contributed by atoms with Gasteiger partial charge in [0.25, 0.3) is 5.91 Å². The highest BCUT2D eigenvalue weighted by atomic mass is 35.5. The maximum Gasteiger partial charge on any atom is 0.277 e. The van der Waals surface area contributed by atoms with Crippen molar-refractivity contribution >= 4 is 35.3 Å². The molecule has 2 aromatic carbocycles. The van der Waals surface area contributed by atoms with E-state index >= 15 is 0 Å². The first-order chi connectivity index (χ1) is 13.6. The molecule has 2 rings (SSSR count). The molecule has 0 radical (unpaired) electrons. The topological polar surface area (TPSA) is 59.9 Å². The standard InChI is InChI=1S/C21H24Cl2N2O3/c1-2-3-4-5-11-27-18-8-6-7-16(12-18)14-24-25-21(26)15-28-20-10-9-17(22)13-19(20)23/h6-10,12-14H,2-5,11,15H2,1H3,(H,25,26)/b24-14+. The number of carbonyl (C=O) groups is 1. The zero-order valence-corrected chi connectivity index (χ0v) is 17.3. The van der Waals surface area contributed by atoms with Crippen LogP contribution < -0.4 is 14.9 Å². The van der Waals surface area contributed by atoms with Gasteiger partial charge in [0, 0.05) is 5.02 Å². The molecule has 1 amide bonds. The lowest BCUT2D eigenvalue weighted by atomic mass is 10.2. The molecule has 0 aliphatic rings. The highest BCUT2D eigenvalue weighted by molar-refractivity contribution is 6.35. The van der Waals surface area contributed by atoms with Crippen molar-refractivity contribution in [1.82, 2.24) is 5.43 Å². The molecular weight excluding hydrogens is 399 g/mol. The van der Waals surface area contributed by atoms with E-state index in [1.54, 1.807) is 24.4 Å². The second-order valence-corrected chi connectivity index (χ2v) is 6.98. The summed E-state index contributed by atoms with van der Waals surface area (Å²) in [6.45, 7) is 2.67. The van der Waals surface area contributed by atoms with E-state index in [-0.39, 0.29) is 6.61 Å². The predicted molar refractivity (Wildman–Crippen MR) is 114 cm³/mol. The fourth-order valence-electron chi connectivity index (χ4n) is 2.35. The van der Waals surface area contributed by atoms with E-state index in [0.29, 0.717) is 22.4 Å². The predicted octanol–water partition coefficient (Wildman–Crippen LogP) is 5.48. The van der Waals surface area contributed by atoms with Crippen molar-refractivity contribution in [3.63, 3.8) is 0 Å². The first-order valence-corrected chi connectivity index (χ1v) is 9.96. The highest BCUT2D eigenvalue weighted by Crippen LogP contribution is 2.27.